The normalized spacial score (nSPS) is 15.9. The standard InChI is InChI=1S/C16H19N9O5/c17-11(26)4-3-9(20-16(29)30)15(28)25-10(6-8-2-1-5-18-13(8)25)14(27)19-7-12-21-23-24-22-12/h1-2,5,9-10,20H,3-4,6-7H2,(H2,17,26)(H,19,27)(H,29,30)(H,21,22,23,24). The van der Waals surface area contributed by atoms with Crippen LogP contribution in [0, 0.1) is 0 Å². The molecule has 14 heteroatoms. The fourth-order valence-corrected chi connectivity index (χ4v) is 3.12. The minimum absolute atomic E-state index is 0.0177. The SMILES string of the molecule is NC(=O)CCC(NC(=O)O)C(=O)N1c2ncccc2CC1C(=O)NCc1nn[nH]n1. The van der Waals surface area contributed by atoms with Gasteiger partial charge in [-0.15, -0.1) is 10.2 Å². The van der Waals surface area contributed by atoms with Crippen LogP contribution in [0.15, 0.2) is 18.3 Å². The van der Waals surface area contributed by atoms with Gasteiger partial charge in [-0.25, -0.2) is 9.78 Å². The molecule has 2 atom stereocenters. The highest BCUT2D eigenvalue weighted by Gasteiger charge is 2.42. The Morgan fingerprint density at radius 2 is 2.17 bits per heavy atom. The maximum atomic E-state index is 13.2. The van der Waals surface area contributed by atoms with E-state index in [2.05, 4.69) is 36.2 Å². The molecule has 4 amide bonds. The molecule has 0 bridgehead atoms. The monoisotopic (exact) mass is 417 g/mol. The molecule has 0 radical (unpaired) electrons. The van der Waals surface area contributed by atoms with Crippen LogP contribution >= 0.6 is 0 Å². The number of tetrazole rings is 1. The van der Waals surface area contributed by atoms with Crippen LogP contribution in [-0.4, -0.2) is 66.6 Å². The summed E-state index contributed by atoms with van der Waals surface area (Å²) in [6.45, 7) is -0.0177. The number of aromatic nitrogens is 5. The smallest absolute Gasteiger partial charge is 0.405 e. The summed E-state index contributed by atoms with van der Waals surface area (Å²) in [6.07, 6.45) is -0.175. The molecule has 30 heavy (non-hydrogen) atoms. The molecule has 158 valence electrons. The summed E-state index contributed by atoms with van der Waals surface area (Å²) < 4.78 is 0. The van der Waals surface area contributed by atoms with Gasteiger partial charge in [-0.2, -0.15) is 5.21 Å². The van der Waals surface area contributed by atoms with Gasteiger partial charge in [-0.1, -0.05) is 11.3 Å². The molecular formula is C16H19N9O5. The van der Waals surface area contributed by atoms with E-state index in [9.17, 15) is 19.2 Å². The molecule has 14 nitrogen and oxygen atoms in total. The second-order valence-electron chi connectivity index (χ2n) is 6.47. The van der Waals surface area contributed by atoms with Crippen LogP contribution in [0.3, 0.4) is 0 Å². The molecule has 3 rings (SSSR count). The maximum absolute atomic E-state index is 13.2. The summed E-state index contributed by atoms with van der Waals surface area (Å²) in [5.74, 6) is -1.40. The molecule has 2 aromatic rings. The second-order valence-corrected chi connectivity index (χ2v) is 6.47. The summed E-state index contributed by atoms with van der Waals surface area (Å²) in [5, 5.41) is 26.9. The van der Waals surface area contributed by atoms with Gasteiger partial charge < -0.3 is 21.5 Å². The number of pyridine rings is 1. The average molecular weight is 417 g/mol. The molecule has 0 saturated carbocycles. The highest BCUT2D eigenvalue weighted by Crippen LogP contribution is 2.31. The summed E-state index contributed by atoms with van der Waals surface area (Å²) in [7, 11) is 0. The molecule has 0 aliphatic carbocycles. The number of carbonyl (C=O) groups is 4. The number of hydrogen-bond acceptors (Lipinski definition) is 8. The maximum Gasteiger partial charge on any atom is 0.405 e. The lowest BCUT2D eigenvalue weighted by molar-refractivity contribution is -0.127. The number of aromatic amines is 1. The third kappa shape index (κ3) is 4.65. The van der Waals surface area contributed by atoms with Crippen molar-refractivity contribution in [3.63, 3.8) is 0 Å². The van der Waals surface area contributed by atoms with E-state index in [1.807, 2.05) is 0 Å². The van der Waals surface area contributed by atoms with Gasteiger partial charge in [0.2, 0.25) is 11.8 Å². The van der Waals surface area contributed by atoms with Crippen molar-refractivity contribution >= 4 is 29.6 Å². The van der Waals surface area contributed by atoms with Crippen molar-refractivity contribution in [1.29, 1.82) is 0 Å². The number of carbonyl (C=O) groups excluding carboxylic acids is 3. The Kier molecular flexibility index (Phi) is 6.14. The Morgan fingerprint density at radius 3 is 2.83 bits per heavy atom. The van der Waals surface area contributed by atoms with Crippen LogP contribution in [0.5, 0.6) is 0 Å². The summed E-state index contributed by atoms with van der Waals surface area (Å²) >= 11 is 0. The third-order valence-electron chi connectivity index (χ3n) is 4.45. The zero-order valence-corrected chi connectivity index (χ0v) is 15.6. The average Bonchev–Trinajstić information content (AvgIpc) is 3.36. The quantitative estimate of drug-likeness (QED) is 0.323. The first-order valence-electron chi connectivity index (χ1n) is 8.91. The fraction of sp³-hybridized carbons (Fsp3) is 0.375. The van der Waals surface area contributed by atoms with E-state index in [0.717, 1.165) is 4.90 Å². The predicted octanol–water partition coefficient (Wildman–Crippen LogP) is -1.93. The molecule has 3 heterocycles. The molecule has 0 spiro atoms. The molecule has 2 aromatic heterocycles. The van der Waals surface area contributed by atoms with Crippen LogP contribution in [0.2, 0.25) is 0 Å². The fourth-order valence-electron chi connectivity index (χ4n) is 3.12. The summed E-state index contributed by atoms with van der Waals surface area (Å²) in [5.41, 5.74) is 5.78. The topological polar surface area (TPSA) is 209 Å². The number of amides is 4. The first kappa shape index (κ1) is 20.6. The Balaban J connectivity index is 1.83. The van der Waals surface area contributed by atoms with Crippen molar-refractivity contribution in [2.75, 3.05) is 4.90 Å². The van der Waals surface area contributed by atoms with Gasteiger partial charge in [0.05, 0.1) is 6.54 Å². The van der Waals surface area contributed by atoms with Crippen LogP contribution in [-0.2, 0) is 27.3 Å². The number of anilines is 1. The third-order valence-corrected chi connectivity index (χ3v) is 4.45. The number of nitrogens with two attached hydrogens (primary N) is 1. The Bertz CT molecular complexity index is 948. The van der Waals surface area contributed by atoms with E-state index >= 15 is 0 Å². The van der Waals surface area contributed by atoms with E-state index in [1.165, 1.54) is 6.20 Å². The lowest BCUT2D eigenvalue weighted by Crippen LogP contribution is -2.55. The van der Waals surface area contributed by atoms with Gasteiger partial charge in [0.1, 0.15) is 17.9 Å². The van der Waals surface area contributed by atoms with Gasteiger partial charge in [0, 0.05) is 19.0 Å². The van der Waals surface area contributed by atoms with E-state index in [-0.39, 0.29) is 37.4 Å². The summed E-state index contributed by atoms with van der Waals surface area (Å²) in [6, 6.07) is 1.13. The number of fused-ring (bicyclic) bond motifs is 1. The number of rotatable bonds is 8. The number of nitrogens with zero attached hydrogens (tertiary/aromatic N) is 5. The van der Waals surface area contributed by atoms with Crippen LogP contribution < -0.4 is 21.3 Å². The number of hydrogen-bond donors (Lipinski definition) is 5. The molecule has 0 fully saturated rings. The number of primary amides is 1. The van der Waals surface area contributed by atoms with E-state index < -0.39 is 35.9 Å². The van der Waals surface area contributed by atoms with E-state index in [4.69, 9.17) is 10.8 Å². The Hall–Kier alpha value is -4.10. The van der Waals surface area contributed by atoms with E-state index in [1.54, 1.807) is 12.1 Å². The second kappa shape index (κ2) is 8.93. The highest BCUT2D eigenvalue weighted by molar-refractivity contribution is 6.05. The van der Waals surface area contributed by atoms with Gasteiger partial charge in [0.25, 0.3) is 5.91 Å². The highest BCUT2D eigenvalue weighted by atomic mass is 16.4. The lowest BCUT2D eigenvalue weighted by atomic mass is 10.1. The molecule has 1 aliphatic heterocycles. The van der Waals surface area contributed by atoms with Gasteiger partial charge >= 0.3 is 6.09 Å². The molecular weight excluding hydrogens is 398 g/mol. The van der Waals surface area contributed by atoms with Crippen molar-refractivity contribution in [1.82, 2.24) is 36.2 Å². The van der Waals surface area contributed by atoms with Crippen molar-refractivity contribution in [3.05, 3.63) is 29.7 Å². The first-order chi connectivity index (χ1) is 14.4. The summed E-state index contributed by atoms with van der Waals surface area (Å²) in [4.78, 5) is 53.6. The van der Waals surface area contributed by atoms with Gasteiger partial charge in [-0.3, -0.25) is 19.3 Å². The molecule has 2 unspecified atom stereocenters. The molecule has 1 aliphatic rings. The first-order valence-corrected chi connectivity index (χ1v) is 8.91. The number of nitrogens with one attached hydrogen (secondary N) is 3. The molecule has 6 N–H and O–H groups in total. The van der Waals surface area contributed by atoms with Gasteiger partial charge in [0.15, 0.2) is 5.82 Å². The van der Waals surface area contributed by atoms with Crippen molar-refractivity contribution in [2.45, 2.75) is 37.9 Å². The Morgan fingerprint density at radius 1 is 1.37 bits per heavy atom. The van der Waals surface area contributed by atoms with Gasteiger partial charge in [-0.05, 0) is 18.1 Å². The molecule has 0 aromatic carbocycles. The number of carboxylic acid groups (broad SMARTS) is 1. The van der Waals surface area contributed by atoms with Crippen molar-refractivity contribution in [2.24, 2.45) is 5.73 Å². The minimum atomic E-state index is -1.45. The zero-order valence-electron chi connectivity index (χ0n) is 15.6. The van der Waals surface area contributed by atoms with E-state index in [0.29, 0.717) is 5.56 Å². The number of H-pyrrole nitrogens is 1. The van der Waals surface area contributed by atoms with Crippen LogP contribution in [0.4, 0.5) is 10.6 Å². The predicted molar refractivity (Wildman–Crippen MR) is 98.6 cm³/mol. The molecule has 0 saturated heterocycles. The largest absolute Gasteiger partial charge is 0.465 e. The van der Waals surface area contributed by atoms with Crippen molar-refractivity contribution < 1.29 is 24.3 Å². The van der Waals surface area contributed by atoms with Crippen LogP contribution in [0.25, 0.3) is 0 Å². The van der Waals surface area contributed by atoms with Crippen LogP contribution in [0.1, 0.15) is 24.2 Å². The lowest BCUT2D eigenvalue weighted by Gasteiger charge is -2.28. The van der Waals surface area contributed by atoms with Crippen molar-refractivity contribution in [3.8, 4) is 0 Å². The minimum Gasteiger partial charge on any atom is -0.465 e. The zero-order chi connectivity index (χ0) is 21.7. The Labute approximate surface area is 169 Å².